The third-order valence-electron chi connectivity index (χ3n) is 3.27. The summed E-state index contributed by atoms with van der Waals surface area (Å²) < 4.78 is 5.55. The molecule has 3 N–H and O–H groups in total. The van der Waals surface area contributed by atoms with E-state index in [9.17, 15) is 4.79 Å². The van der Waals surface area contributed by atoms with E-state index in [1.54, 1.807) is 25.3 Å². The second-order valence-corrected chi connectivity index (χ2v) is 5.61. The second kappa shape index (κ2) is 7.04. The second-order valence-electron chi connectivity index (χ2n) is 5.61. The van der Waals surface area contributed by atoms with Crippen LogP contribution in [0.1, 0.15) is 36.3 Å². The molecule has 0 spiro atoms. The number of carboxylic acids is 1. The van der Waals surface area contributed by atoms with Crippen LogP contribution in [0, 0.1) is 12.8 Å². The molecule has 23 heavy (non-hydrogen) atoms. The maximum absolute atomic E-state index is 11.1. The first-order valence-corrected chi connectivity index (χ1v) is 7.35. The summed E-state index contributed by atoms with van der Waals surface area (Å²) in [5.41, 5.74) is 6.60. The molecule has 0 aliphatic carbocycles. The molecule has 2 aromatic heterocycles. The van der Waals surface area contributed by atoms with E-state index in [-0.39, 0.29) is 11.4 Å². The van der Waals surface area contributed by atoms with Crippen molar-refractivity contribution >= 4 is 11.8 Å². The summed E-state index contributed by atoms with van der Waals surface area (Å²) in [6, 6.07) is 3.50. The molecule has 0 saturated carbocycles. The van der Waals surface area contributed by atoms with Gasteiger partial charge in [0.15, 0.2) is 5.82 Å². The molecule has 2 aromatic rings. The lowest BCUT2D eigenvalue weighted by atomic mass is 10.1. The van der Waals surface area contributed by atoms with E-state index >= 15 is 0 Å². The number of ether oxygens (including phenoxy) is 1. The number of hydrogen-bond acceptors (Lipinski definition) is 6. The van der Waals surface area contributed by atoms with Crippen LogP contribution in [0.2, 0.25) is 0 Å². The number of rotatable bonds is 6. The van der Waals surface area contributed by atoms with Gasteiger partial charge in [-0.05, 0) is 25.3 Å². The molecule has 2 rings (SSSR count). The van der Waals surface area contributed by atoms with E-state index in [4.69, 9.17) is 15.6 Å². The number of aromatic carboxylic acids is 1. The molecule has 2 heterocycles. The first-order valence-electron chi connectivity index (χ1n) is 7.35. The van der Waals surface area contributed by atoms with Crippen molar-refractivity contribution in [3.05, 3.63) is 29.6 Å². The van der Waals surface area contributed by atoms with E-state index in [1.165, 1.54) is 0 Å². The fourth-order valence-corrected chi connectivity index (χ4v) is 1.99. The maximum Gasteiger partial charge on any atom is 0.341 e. The molecule has 0 saturated heterocycles. The number of carbonyl (C=O) groups is 1. The highest BCUT2D eigenvalue weighted by Gasteiger charge is 2.16. The third kappa shape index (κ3) is 4.15. The lowest BCUT2D eigenvalue weighted by Crippen LogP contribution is -2.10. The smallest absolute Gasteiger partial charge is 0.341 e. The predicted molar refractivity (Wildman–Crippen MR) is 86.3 cm³/mol. The van der Waals surface area contributed by atoms with Crippen LogP contribution in [-0.2, 0) is 0 Å². The average Bonchev–Trinajstić information content (AvgIpc) is 2.46. The lowest BCUT2D eigenvalue weighted by Gasteiger charge is -2.09. The van der Waals surface area contributed by atoms with Crippen molar-refractivity contribution in [1.82, 2.24) is 15.0 Å². The highest BCUT2D eigenvalue weighted by molar-refractivity contribution is 5.94. The topological polar surface area (TPSA) is 111 Å². The summed E-state index contributed by atoms with van der Waals surface area (Å²) in [6.07, 6.45) is 2.54. The van der Waals surface area contributed by atoms with E-state index in [0.29, 0.717) is 35.5 Å². The van der Waals surface area contributed by atoms with Crippen molar-refractivity contribution in [2.75, 3.05) is 12.3 Å². The zero-order valence-electron chi connectivity index (χ0n) is 13.4. The first kappa shape index (κ1) is 16.7. The highest BCUT2D eigenvalue weighted by Crippen LogP contribution is 2.21. The van der Waals surface area contributed by atoms with Crippen LogP contribution in [0.4, 0.5) is 5.82 Å². The Labute approximate surface area is 134 Å². The largest absolute Gasteiger partial charge is 0.478 e. The SMILES string of the molecule is Cc1nc(-c2ccc(OCCC(C)C)nc2)nc(N)c1C(=O)O. The van der Waals surface area contributed by atoms with Crippen LogP contribution in [0.3, 0.4) is 0 Å². The summed E-state index contributed by atoms with van der Waals surface area (Å²) in [4.78, 5) is 23.5. The van der Waals surface area contributed by atoms with Gasteiger partial charge in [0.05, 0.1) is 12.3 Å². The molecule has 7 heteroatoms. The monoisotopic (exact) mass is 316 g/mol. The average molecular weight is 316 g/mol. The molecule has 0 unspecified atom stereocenters. The Bertz CT molecular complexity index is 676. The van der Waals surface area contributed by atoms with Crippen LogP contribution in [0.5, 0.6) is 5.88 Å². The standard InChI is InChI=1S/C16H20N4O3/c1-9(2)6-7-23-12-5-4-11(8-18-12)15-19-10(3)13(16(21)22)14(17)20-15/h4-5,8-9H,6-7H2,1-3H3,(H,21,22)(H2,17,19,20). The van der Waals surface area contributed by atoms with Crippen LogP contribution in [-0.4, -0.2) is 32.6 Å². The van der Waals surface area contributed by atoms with Gasteiger partial charge in [0.2, 0.25) is 5.88 Å². The lowest BCUT2D eigenvalue weighted by molar-refractivity contribution is 0.0696. The van der Waals surface area contributed by atoms with Gasteiger partial charge in [-0.3, -0.25) is 0 Å². The number of hydrogen-bond donors (Lipinski definition) is 2. The van der Waals surface area contributed by atoms with Crippen molar-refractivity contribution in [3.63, 3.8) is 0 Å². The summed E-state index contributed by atoms with van der Waals surface area (Å²) in [5.74, 6) is 0.240. The summed E-state index contributed by atoms with van der Waals surface area (Å²) >= 11 is 0. The number of carboxylic acid groups (broad SMARTS) is 1. The molecule has 0 aromatic carbocycles. The molecular weight excluding hydrogens is 296 g/mol. The van der Waals surface area contributed by atoms with Gasteiger partial charge < -0.3 is 15.6 Å². The first-order chi connectivity index (χ1) is 10.9. The Morgan fingerprint density at radius 2 is 2.09 bits per heavy atom. The van der Waals surface area contributed by atoms with Gasteiger partial charge in [-0.25, -0.2) is 19.7 Å². The highest BCUT2D eigenvalue weighted by atomic mass is 16.5. The van der Waals surface area contributed by atoms with Crippen molar-refractivity contribution in [2.45, 2.75) is 27.2 Å². The van der Waals surface area contributed by atoms with Crippen molar-refractivity contribution < 1.29 is 14.6 Å². The van der Waals surface area contributed by atoms with Crippen LogP contribution in [0.25, 0.3) is 11.4 Å². The van der Waals surface area contributed by atoms with Gasteiger partial charge >= 0.3 is 5.97 Å². The van der Waals surface area contributed by atoms with Gasteiger partial charge in [0.1, 0.15) is 11.4 Å². The quantitative estimate of drug-likeness (QED) is 0.842. The molecule has 122 valence electrons. The summed E-state index contributed by atoms with van der Waals surface area (Å²) in [5, 5.41) is 9.08. The Morgan fingerprint density at radius 1 is 1.35 bits per heavy atom. The van der Waals surface area contributed by atoms with Gasteiger partial charge in [-0.1, -0.05) is 13.8 Å². The van der Waals surface area contributed by atoms with Crippen LogP contribution < -0.4 is 10.5 Å². The van der Waals surface area contributed by atoms with E-state index < -0.39 is 5.97 Å². The Morgan fingerprint density at radius 3 is 2.61 bits per heavy atom. The molecule has 0 fully saturated rings. The molecule has 0 aliphatic heterocycles. The Kier molecular flexibility index (Phi) is 5.10. The molecule has 7 nitrogen and oxygen atoms in total. The van der Waals surface area contributed by atoms with Gasteiger partial charge in [-0.15, -0.1) is 0 Å². The number of aromatic nitrogens is 3. The number of pyridine rings is 1. The van der Waals surface area contributed by atoms with E-state index in [2.05, 4.69) is 28.8 Å². The zero-order chi connectivity index (χ0) is 17.0. The predicted octanol–water partition coefficient (Wildman–Crippen LogP) is 2.55. The van der Waals surface area contributed by atoms with Crippen LogP contribution in [0.15, 0.2) is 18.3 Å². The third-order valence-corrected chi connectivity index (χ3v) is 3.27. The van der Waals surface area contributed by atoms with Crippen LogP contribution >= 0.6 is 0 Å². The Balaban J connectivity index is 2.18. The number of nitrogens with zero attached hydrogens (tertiary/aromatic N) is 3. The summed E-state index contributed by atoms with van der Waals surface area (Å²) in [6.45, 7) is 6.46. The molecule has 0 bridgehead atoms. The van der Waals surface area contributed by atoms with Gasteiger partial charge in [0, 0.05) is 17.8 Å². The fraction of sp³-hybridized carbons (Fsp3) is 0.375. The minimum Gasteiger partial charge on any atom is -0.478 e. The normalized spacial score (nSPS) is 10.8. The molecular formula is C16H20N4O3. The molecule has 0 amide bonds. The summed E-state index contributed by atoms with van der Waals surface area (Å²) in [7, 11) is 0. The van der Waals surface area contributed by atoms with E-state index in [1.807, 2.05) is 0 Å². The fourth-order valence-electron chi connectivity index (χ4n) is 1.99. The molecule has 0 atom stereocenters. The molecule has 0 aliphatic rings. The van der Waals surface area contributed by atoms with Gasteiger partial charge in [0.25, 0.3) is 0 Å². The van der Waals surface area contributed by atoms with Crippen molar-refractivity contribution in [2.24, 2.45) is 5.92 Å². The van der Waals surface area contributed by atoms with Gasteiger partial charge in [-0.2, -0.15) is 0 Å². The van der Waals surface area contributed by atoms with Crippen molar-refractivity contribution in [1.29, 1.82) is 0 Å². The zero-order valence-corrected chi connectivity index (χ0v) is 13.4. The van der Waals surface area contributed by atoms with Crippen molar-refractivity contribution in [3.8, 4) is 17.3 Å². The Hall–Kier alpha value is -2.70. The number of nitrogens with two attached hydrogens (primary N) is 1. The number of aryl methyl sites for hydroxylation is 1. The number of anilines is 1. The maximum atomic E-state index is 11.1. The minimum absolute atomic E-state index is 0.0581. The molecule has 0 radical (unpaired) electrons. The number of nitrogen functional groups attached to an aromatic ring is 1. The minimum atomic E-state index is -1.14. The van der Waals surface area contributed by atoms with E-state index in [0.717, 1.165) is 6.42 Å².